The van der Waals surface area contributed by atoms with Crippen LogP contribution in [0.1, 0.15) is 5.56 Å². The molecule has 3 nitrogen and oxygen atoms in total. The van der Waals surface area contributed by atoms with Crippen LogP contribution in [0, 0.1) is 0 Å². The van der Waals surface area contributed by atoms with E-state index >= 15 is 0 Å². The molecular weight excluding hydrogens is 197 g/mol. The molecule has 14 heavy (non-hydrogen) atoms. The van der Waals surface area contributed by atoms with Crippen LogP contribution in [0.5, 0.6) is 0 Å². The van der Waals surface area contributed by atoms with Gasteiger partial charge in [0.1, 0.15) is 0 Å². The first kappa shape index (κ1) is 10.4. The smallest absolute Gasteiger partial charge is 0.410 e. The van der Waals surface area contributed by atoms with Gasteiger partial charge in [-0.25, -0.2) is 0 Å². The van der Waals surface area contributed by atoms with E-state index in [0.717, 1.165) is 6.07 Å². The number of nitrogens with zero attached hydrogens (tertiary/aromatic N) is 1. The molecule has 0 heterocycles. The second-order valence-electron chi connectivity index (χ2n) is 2.57. The molecule has 3 N–H and O–H groups in total. The lowest BCUT2D eigenvalue weighted by Crippen LogP contribution is -2.24. The van der Waals surface area contributed by atoms with E-state index in [1.807, 2.05) is 0 Å². The van der Waals surface area contributed by atoms with Crippen LogP contribution >= 0.6 is 0 Å². The minimum absolute atomic E-state index is 0.174. The average molecular weight is 204 g/mol. The second-order valence-corrected chi connectivity index (χ2v) is 2.57. The van der Waals surface area contributed by atoms with Gasteiger partial charge in [0.05, 0.1) is 0 Å². The Labute approximate surface area is 77.6 Å². The minimum atomic E-state index is -4.69. The maximum atomic E-state index is 12.2. The Hall–Kier alpha value is -1.72. The van der Waals surface area contributed by atoms with Crippen molar-refractivity contribution in [2.45, 2.75) is 6.18 Å². The normalized spacial score (nSPS) is 12.9. The van der Waals surface area contributed by atoms with E-state index in [4.69, 9.17) is 10.9 Å². The molecule has 0 bridgehead atoms. The van der Waals surface area contributed by atoms with E-state index in [1.165, 1.54) is 18.2 Å². The molecule has 0 aliphatic carbocycles. The Kier molecular flexibility index (Phi) is 2.64. The van der Waals surface area contributed by atoms with Gasteiger partial charge >= 0.3 is 6.18 Å². The van der Waals surface area contributed by atoms with Gasteiger partial charge in [-0.05, 0) is 12.1 Å². The molecule has 0 saturated heterocycles. The summed E-state index contributed by atoms with van der Waals surface area (Å²) in [6.07, 6.45) is -4.69. The lowest BCUT2D eigenvalue weighted by atomic mass is 10.1. The predicted molar refractivity (Wildman–Crippen MR) is 45.2 cm³/mol. The molecule has 0 radical (unpaired) electrons. The number of benzene rings is 1. The van der Waals surface area contributed by atoms with E-state index in [-0.39, 0.29) is 11.3 Å². The number of hydrogen-bond donors (Lipinski definition) is 2. The van der Waals surface area contributed by atoms with Gasteiger partial charge in [0, 0.05) is 11.3 Å². The van der Waals surface area contributed by atoms with Crippen LogP contribution in [0.3, 0.4) is 0 Å². The van der Waals surface area contributed by atoms with Crippen LogP contribution in [0.15, 0.2) is 29.4 Å². The molecule has 0 fully saturated rings. The number of alkyl halides is 3. The molecule has 0 aliphatic rings. The van der Waals surface area contributed by atoms with E-state index < -0.39 is 11.9 Å². The highest BCUT2D eigenvalue weighted by molar-refractivity contribution is 6.04. The van der Waals surface area contributed by atoms with Crippen LogP contribution in [-0.4, -0.2) is 17.1 Å². The van der Waals surface area contributed by atoms with Crippen LogP contribution in [0.2, 0.25) is 0 Å². The maximum absolute atomic E-state index is 12.2. The summed E-state index contributed by atoms with van der Waals surface area (Å²) in [4.78, 5) is 0. The standard InChI is InChI=1S/C8H7F3N2O/c9-8(10,11)7(13-14)5-2-1-3-6(12)4-5/h1-4,14H,12H2/b13-7-. The summed E-state index contributed by atoms with van der Waals surface area (Å²) in [5.41, 5.74) is 3.84. The van der Waals surface area contributed by atoms with E-state index in [0.29, 0.717) is 0 Å². The predicted octanol–water partition coefficient (Wildman–Crippen LogP) is 2.01. The molecule has 6 heteroatoms. The van der Waals surface area contributed by atoms with E-state index in [9.17, 15) is 13.2 Å². The van der Waals surface area contributed by atoms with E-state index in [2.05, 4.69) is 5.16 Å². The molecule has 0 aromatic heterocycles. The summed E-state index contributed by atoms with van der Waals surface area (Å²) < 4.78 is 36.6. The summed E-state index contributed by atoms with van der Waals surface area (Å²) in [6, 6.07) is 5.04. The van der Waals surface area contributed by atoms with Crippen molar-refractivity contribution in [2.75, 3.05) is 5.73 Å². The van der Waals surface area contributed by atoms with Gasteiger partial charge in [-0.2, -0.15) is 13.2 Å². The number of nitrogen functional groups attached to an aromatic ring is 1. The summed E-state index contributed by atoms with van der Waals surface area (Å²) >= 11 is 0. The van der Waals surface area contributed by atoms with Crippen molar-refractivity contribution in [1.82, 2.24) is 0 Å². The third-order valence-corrected chi connectivity index (χ3v) is 1.53. The summed E-state index contributed by atoms with van der Waals surface area (Å²) in [5, 5.41) is 10.4. The Morgan fingerprint density at radius 1 is 1.36 bits per heavy atom. The average Bonchev–Trinajstić information content (AvgIpc) is 2.02. The number of hydrogen-bond acceptors (Lipinski definition) is 3. The minimum Gasteiger partial charge on any atom is -0.410 e. The summed E-state index contributed by atoms with van der Waals surface area (Å²) in [6.45, 7) is 0. The van der Waals surface area contributed by atoms with Crippen molar-refractivity contribution >= 4 is 11.4 Å². The van der Waals surface area contributed by atoms with Crippen LogP contribution in [0.4, 0.5) is 18.9 Å². The molecule has 0 aliphatic heterocycles. The molecule has 1 rings (SSSR count). The largest absolute Gasteiger partial charge is 0.437 e. The number of halogens is 3. The quantitative estimate of drug-likeness (QED) is 0.318. The third kappa shape index (κ3) is 2.15. The van der Waals surface area contributed by atoms with Gasteiger partial charge in [0.15, 0.2) is 5.71 Å². The Morgan fingerprint density at radius 2 is 2.00 bits per heavy atom. The Bertz CT molecular complexity index is 360. The van der Waals surface area contributed by atoms with Crippen molar-refractivity contribution in [3.8, 4) is 0 Å². The Balaban J connectivity index is 3.16. The molecule has 1 aromatic carbocycles. The molecule has 0 saturated carbocycles. The highest BCUT2D eigenvalue weighted by Gasteiger charge is 2.37. The Morgan fingerprint density at radius 3 is 2.43 bits per heavy atom. The molecule has 1 aromatic rings. The summed E-state index contributed by atoms with van der Waals surface area (Å²) in [5.74, 6) is 0. The van der Waals surface area contributed by atoms with Gasteiger partial charge in [-0.1, -0.05) is 17.3 Å². The summed E-state index contributed by atoms with van der Waals surface area (Å²) in [7, 11) is 0. The van der Waals surface area contributed by atoms with Crippen LogP contribution in [0.25, 0.3) is 0 Å². The number of rotatable bonds is 1. The number of anilines is 1. The van der Waals surface area contributed by atoms with Crippen LogP contribution in [-0.2, 0) is 0 Å². The zero-order valence-electron chi connectivity index (χ0n) is 6.92. The lowest BCUT2D eigenvalue weighted by Gasteiger charge is -2.08. The van der Waals surface area contributed by atoms with Gasteiger partial charge in [-0.15, -0.1) is 0 Å². The fourth-order valence-electron chi connectivity index (χ4n) is 0.964. The monoisotopic (exact) mass is 204 g/mol. The molecule has 0 atom stereocenters. The first-order valence-corrected chi connectivity index (χ1v) is 3.60. The van der Waals surface area contributed by atoms with E-state index in [1.54, 1.807) is 0 Å². The highest BCUT2D eigenvalue weighted by atomic mass is 19.4. The van der Waals surface area contributed by atoms with Crippen LogP contribution < -0.4 is 5.73 Å². The molecular formula is C8H7F3N2O. The van der Waals surface area contributed by atoms with Crippen molar-refractivity contribution in [3.05, 3.63) is 29.8 Å². The SMILES string of the molecule is Nc1cccc(/C(=N/O)C(F)(F)F)c1. The van der Waals surface area contributed by atoms with Gasteiger partial charge in [-0.3, -0.25) is 0 Å². The fraction of sp³-hybridized carbons (Fsp3) is 0.125. The van der Waals surface area contributed by atoms with Gasteiger partial charge in [0.25, 0.3) is 0 Å². The molecule has 76 valence electrons. The van der Waals surface area contributed by atoms with Crippen molar-refractivity contribution in [1.29, 1.82) is 0 Å². The zero-order valence-corrected chi connectivity index (χ0v) is 6.92. The molecule has 0 unspecified atom stereocenters. The number of oxime groups is 1. The lowest BCUT2D eigenvalue weighted by molar-refractivity contribution is -0.0601. The van der Waals surface area contributed by atoms with Gasteiger partial charge in [0.2, 0.25) is 0 Å². The molecule has 0 spiro atoms. The zero-order chi connectivity index (χ0) is 10.8. The van der Waals surface area contributed by atoms with Crippen molar-refractivity contribution in [3.63, 3.8) is 0 Å². The third-order valence-electron chi connectivity index (χ3n) is 1.53. The maximum Gasteiger partial charge on any atom is 0.437 e. The fourth-order valence-corrected chi connectivity index (χ4v) is 0.964. The first-order chi connectivity index (χ1) is 6.45. The first-order valence-electron chi connectivity index (χ1n) is 3.60. The molecule has 0 amide bonds. The second kappa shape index (κ2) is 3.57. The van der Waals surface area contributed by atoms with Gasteiger partial charge < -0.3 is 10.9 Å². The highest BCUT2D eigenvalue weighted by Crippen LogP contribution is 2.23. The number of nitrogens with two attached hydrogens (primary N) is 1. The van der Waals surface area contributed by atoms with Crippen molar-refractivity contribution < 1.29 is 18.4 Å². The van der Waals surface area contributed by atoms with Crippen molar-refractivity contribution in [2.24, 2.45) is 5.16 Å². The topological polar surface area (TPSA) is 58.6 Å².